The fourth-order valence-electron chi connectivity index (χ4n) is 2.60. The molecule has 2 aliphatic heterocycles. The highest BCUT2D eigenvalue weighted by Gasteiger charge is 2.39. The Bertz CT molecular complexity index is 582. The van der Waals surface area contributed by atoms with Gasteiger partial charge in [-0.25, -0.2) is 9.48 Å². The zero-order chi connectivity index (χ0) is 15.1. The zero-order valence-electron chi connectivity index (χ0n) is 11.4. The van der Waals surface area contributed by atoms with Gasteiger partial charge in [0.25, 0.3) is 5.91 Å². The fourth-order valence-corrected chi connectivity index (χ4v) is 2.60. The van der Waals surface area contributed by atoms with Crippen LogP contribution in [0.5, 0.6) is 0 Å². The highest BCUT2D eigenvalue weighted by atomic mass is 19.3. The lowest BCUT2D eigenvalue weighted by Gasteiger charge is -2.43. The molecule has 2 fully saturated rings. The Morgan fingerprint density at radius 2 is 2.19 bits per heavy atom. The second kappa shape index (κ2) is 4.97. The first-order chi connectivity index (χ1) is 9.97. The molecule has 0 atom stereocenters. The van der Waals surface area contributed by atoms with Crippen LogP contribution in [-0.4, -0.2) is 63.7 Å². The van der Waals surface area contributed by atoms with Gasteiger partial charge in [-0.3, -0.25) is 4.79 Å². The summed E-state index contributed by atoms with van der Waals surface area (Å²) in [5, 5.41) is 6.33. The average Bonchev–Trinajstić information content (AvgIpc) is 2.94. The normalized spacial score (nSPS) is 19.1. The third-order valence-corrected chi connectivity index (χ3v) is 3.81. The van der Waals surface area contributed by atoms with E-state index in [4.69, 9.17) is 0 Å². The lowest BCUT2D eigenvalue weighted by Crippen LogP contribution is -2.61. The number of rotatable bonds is 3. The van der Waals surface area contributed by atoms with Crippen LogP contribution in [0.1, 0.15) is 22.7 Å². The third kappa shape index (κ3) is 2.32. The highest BCUT2D eigenvalue weighted by Crippen LogP contribution is 2.20. The second-order valence-corrected chi connectivity index (χ2v) is 5.18. The topological polar surface area (TPSA) is 70.5 Å². The number of carbonyl (C=O) groups excluding carboxylic acids is 2. The monoisotopic (exact) mass is 299 g/mol. The third-order valence-electron chi connectivity index (χ3n) is 3.81. The van der Waals surface area contributed by atoms with Crippen LogP contribution in [-0.2, 0) is 0 Å². The maximum atomic E-state index is 12.6. The number of aromatic nitrogens is 2. The number of aryl methyl sites for hydroxylation is 1. The molecule has 0 aromatic carbocycles. The number of carbonyl (C=O) groups is 2. The number of hydrogen-bond acceptors (Lipinski definition) is 3. The maximum Gasteiger partial charge on any atom is 0.333 e. The number of halogens is 2. The summed E-state index contributed by atoms with van der Waals surface area (Å²) in [6.07, 6.45) is 0. The van der Waals surface area contributed by atoms with Crippen molar-refractivity contribution >= 4 is 11.9 Å². The molecule has 21 heavy (non-hydrogen) atoms. The minimum Gasteiger partial charge on any atom is -0.336 e. The molecule has 1 N–H and O–H groups in total. The number of likely N-dealkylation sites (tertiary alicyclic amines) is 1. The molecule has 3 heterocycles. The first-order valence-electron chi connectivity index (χ1n) is 6.65. The predicted molar refractivity (Wildman–Crippen MR) is 68.0 cm³/mol. The van der Waals surface area contributed by atoms with Crippen LogP contribution < -0.4 is 5.32 Å². The maximum absolute atomic E-state index is 12.6. The summed E-state index contributed by atoms with van der Waals surface area (Å²) in [7, 11) is 0. The fraction of sp³-hybridized carbons (Fsp3) is 0.583. The quantitative estimate of drug-likeness (QED) is 0.880. The second-order valence-electron chi connectivity index (χ2n) is 5.18. The van der Waals surface area contributed by atoms with Crippen LogP contribution in [0, 0.1) is 6.92 Å². The van der Waals surface area contributed by atoms with Crippen molar-refractivity contribution in [2.24, 2.45) is 0 Å². The van der Waals surface area contributed by atoms with E-state index in [9.17, 15) is 18.4 Å². The van der Waals surface area contributed by atoms with Gasteiger partial charge < -0.3 is 15.1 Å². The van der Waals surface area contributed by atoms with Gasteiger partial charge in [0.2, 0.25) is 0 Å². The zero-order valence-corrected chi connectivity index (χ0v) is 11.4. The number of urea groups is 1. The molecule has 1 aromatic rings. The summed E-state index contributed by atoms with van der Waals surface area (Å²) in [6, 6.07) is 1.23. The van der Waals surface area contributed by atoms with E-state index in [0.717, 1.165) is 0 Å². The van der Waals surface area contributed by atoms with Gasteiger partial charge in [0, 0.05) is 31.9 Å². The Kier molecular flexibility index (Phi) is 3.26. The number of alkyl halides is 2. The van der Waals surface area contributed by atoms with Crippen molar-refractivity contribution < 1.29 is 18.4 Å². The number of nitrogens with one attached hydrogen (secondary N) is 1. The Morgan fingerprint density at radius 1 is 1.48 bits per heavy atom. The molecular weight excluding hydrogens is 284 g/mol. The molecule has 0 spiro atoms. The van der Waals surface area contributed by atoms with E-state index >= 15 is 0 Å². The van der Waals surface area contributed by atoms with Crippen molar-refractivity contribution in [1.82, 2.24) is 24.9 Å². The van der Waals surface area contributed by atoms with Crippen molar-refractivity contribution in [3.05, 3.63) is 17.5 Å². The van der Waals surface area contributed by atoms with Gasteiger partial charge in [0.15, 0.2) is 5.69 Å². The molecule has 0 unspecified atom stereocenters. The summed E-state index contributed by atoms with van der Waals surface area (Å²) in [4.78, 5) is 26.8. The predicted octanol–water partition coefficient (Wildman–Crippen LogP) is 0.436. The van der Waals surface area contributed by atoms with Crippen molar-refractivity contribution in [2.75, 3.05) is 26.2 Å². The summed E-state index contributed by atoms with van der Waals surface area (Å²) in [6.45, 7) is 0.777. The first-order valence-corrected chi connectivity index (χ1v) is 6.65. The molecule has 2 saturated heterocycles. The van der Waals surface area contributed by atoms with Crippen molar-refractivity contribution in [2.45, 2.75) is 19.5 Å². The molecule has 0 radical (unpaired) electrons. The molecule has 9 heteroatoms. The number of amides is 3. The van der Waals surface area contributed by atoms with Gasteiger partial charge in [-0.1, -0.05) is 0 Å². The van der Waals surface area contributed by atoms with E-state index in [-0.39, 0.29) is 29.4 Å². The van der Waals surface area contributed by atoms with E-state index < -0.39 is 6.55 Å². The van der Waals surface area contributed by atoms with Crippen LogP contribution in [0.15, 0.2) is 6.07 Å². The van der Waals surface area contributed by atoms with Crippen molar-refractivity contribution in [3.63, 3.8) is 0 Å². The Hall–Kier alpha value is -2.19. The molecule has 114 valence electrons. The molecule has 0 aliphatic carbocycles. The Labute approximate surface area is 119 Å². The van der Waals surface area contributed by atoms with E-state index in [1.54, 1.807) is 4.90 Å². The molecule has 2 aliphatic rings. The summed E-state index contributed by atoms with van der Waals surface area (Å²) >= 11 is 0. The van der Waals surface area contributed by atoms with E-state index in [1.165, 1.54) is 17.9 Å². The minimum atomic E-state index is -2.76. The number of hydrogen-bond donors (Lipinski definition) is 1. The van der Waals surface area contributed by atoms with Gasteiger partial charge in [-0.05, 0) is 13.0 Å². The van der Waals surface area contributed by atoms with Crippen molar-refractivity contribution in [1.29, 1.82) is 0 Å². The van der Waals surface area contributed by atoms with E-state index in [2.05, 4.69) is 10.4 Å². The van der Waals surface area contributed by atoms with Gasteiger partial charge in [0.1, 0.15) is 0 Å². The molecule has 3 rings (SSSR count). The number of nitrogens with zero attached hydrogens (tertiary/aromatic N) is 4. The standard InChI is InChI=1S/C12H15F2N5O2/c1-7-4-9(16-19(7)11(13)14)10(20)17-5-8(6-17)18-3-2-15-12(18)21/h4,8,11H,2-3,5-6H2,1H3,(H,15,21). The largest absolute Gasteiger partial charge is 0.336 e. The summed E-state index contributed by atoms with van der Waals surface area (Å²) in [5.74, 6) is -0.381. The van der Waals surface area contributed by atoms with E-state index in [0.29, 0.717) is 30.9 Å². The molecule has 7 nitrogen and oxygen atoms in total. The smallest absolute Gasteiger partial charge is 0.333 e. The summed E-state index contributed by atoms with van der Waals surface area (Å²) < 4.78 is 25.8. The highest BCUT2D eigenvalue weighted by molar-refractivity contribution is 5.93. The lowest BCUT2D eigenvalue weighted by atomic mass is 10.1. The van der Waals surface area contributed by atoms with Gasteiger partial charge in [-0.2, -0.15) is 13.9 Å². The molecular formula is C12H15F2N5O2. The van der Waals surface area contributed by atoms with Crippen molar-refractivity contribution in [3.8, 4) is 0 Å². The van der Waals surface area contributed by atoms with E-state index in [1.807, 2.05) is 0 Å². The summed E-state index contributed by atoms with van der Waals surface area (Å²) in [5.41, 5.74) is 0.251. The molecule has 1 aromatic heterocycles. The Morgan fingerprint density at radius 3 is 2.71 bits per heavy atom. The lowest BCUT2D eigenvalue weighted by molar-refractivity contribution is 0.0384. The van der Waals surface area contributed by atoms with Crippen LogP contribution in [0.3, 0.4) is 0 Å². The van der Waals surface area contributed by atoms with Crippen LogP contribution in [0.25, 0.3) is 0 Å². The van der Waals surface area contributed by atoms with Crippen LogP contribution in [0.2, 0.25) is 0 Å². The van der Waals surface area contributed by atoms with Gasteiger partial charge in [-0.15, -0.1) is 0 Å². The average molecular weight is 299 g/mol. The molecule has 3 amide bonds. The van der Waals surface area contributed by atoms with Crippen LogP contribution >= 0.6 is 0 Å². The molecule has 0 saturated carbocycles. The first kappa shape index (κ1) is 13.8. The van der Waals surface area contributed by atoms with Gasteiger partial charge >= 0.3 is 12.6 Å². The minimum absolute atomic E-state index is 0.00488. The SMILES string of the molecule is Cc1cc(C(=O)N2CC(N3CCNC3=O)C2)nn1C(F)F. The Balaban J connectivity index is 1.63. The van der Waals surface area contributed by atoms with Gasteiger partial charge in [0.05, 0.1) is 6.04 Å². The molecule has 0 bridgehead atoms. The van der Waals surface area contributed by atoms with Crippen LogP contribution in [0.4, 0.5) is 13.6 Å².